The van der Waals surface area contributed by atoms with E-state index < -0.39 is 0 Å². The predicted molar refractivity (Wildman–Crippen MR) is 107 cm³/mol. The zero-order chi connectivity index (χ0) is 17.7. The molecule has 1 fully saturated rings. The van der Waals surface area contributed by atoms with Gasteiger partial charge in [-0.3, -0.25) is 4.90 Å². The van der Waals surface area contributed by atoms with Crippen LogP contribution in [-0.4, -0.2) is 53.9 Å². The summed E-state index contributed by atoms with van der Waals surface area (Å²) in [5.74, 6) is 2.81. The molecule has 3 aromatic heterocycles. The van der Waals surface area contributed by atoms with Crippen molar-refractivity contribution >= 4 is 28.7 Å². The summed E-state index contributed by atoms with van der Waals surface area (Å²) in [6, 6.07) is 0. The molecule has 0 saturated carbocycles. The minimum atomic E-state index is 0. The first-order valence-corrected chi connectivity index (χ1v) is 10.2. The van der Waals surface area contributed by atoms with Gasteiger partial charge in [0.05, 0.1) is 17.9 Å². The van der Waals surface area contributed by atoms with Crippen molar-refractivity contribution in [2.24, 2.45) is 0 Å². The summed E-state index contributed by atoms with van der Waals surface area (Å²) < 4.78 is 4.36. The van der Waals surface area contributed by atoms with Gasteiger partial charge in [0.1, 0.15) is 16.7 Å². The summed E-state index contributed by atoms with van der Waals surface area (Å²) in [4.78, 5) is 8.20. The topological polar surface area (TPSA) is 76.2 Å². The number of fused-ring (bicyclic) bond motifs is 2. The van der Waals surface area contributed by atoms with Crippen LogP contribution in [0.2, 0.25) is 0 Å². The first kappa shape index (κ1) is 18.8. The maximum Gasteiger partial charge on any atom is 0.212 e. The summed E-state index contributed by atoms with van der Waals surface area (Å²) in [5, 5.41) is 17.9. The number of nitrogens with zero attached hydrogens (tertiary/aromatic N) is 7. The van der Waals surface area contributed by atoms with Gasteiger partial charge in [0.2, 0.25) is 4.96 Å². The highest BCUT2D eigenvalue weighted by Crippen LogP contribution is 2.29. The average Bonchev–Trinajstić information content (AvgIpc) is 3.30. The van der Waals surface area contributed by atoms with Crippen molar-refractivity contribution in [2.45, 2.75) is 52.2 Å². The fourth-order valence-corrected chi connectivity index (χ4v) is 4.95. The lowest BCUT2D eigenvalue weighted by Gasteiger charge is -2.31. The number of piperidine rings is 1. The number of aromatic nitrogens is 6. The number of hydrogen-bond acceptors (Lipinski definition) is 7. The lowest BCUT2D eigenvalue weighted by atomic mass is 9.95. The molecule has 5 heterocycles. The predicted octanol–water partition coefficient (Wildman–Crippen LogP) is 1.90. The Labute approximate surface area is 168 Å². The van der Waals surface area contributed by atoms with Crippen molar-refractivity contribution in [2.75, 3.05) is 19.6 Å². The van der Waals surface area contributed by atoms with Gasteiger partial charge in [-0.2, -0.15) is 5.10 Å². The lowest BCUT2D eigenvalue weighted by molar-refractivity contribution is 0.196. The van der Waals surface area contributed by atoms with E-state index in [-0.39, 0.29) is 12.4 Å². The van der Waals surface area contributed by atoms with Crippen LogP contribution in [0.15, 0.2) is 0 Å². The minimum absolute atomic E-state index is 0. The first-order chi connectivity index (χ1) is 12.7. The zero-order valence-corrected chi connectivity index (χ0v) is 17.3. The Morgan fingerprint density at radius 3 is 2.78 bits per heavy atom. The van der Waals surface area contributed by atoms with E-state index in [1.165, 1.54) is 11.5 Å². The standard InChI is InChI=1S/C17H24N8S.ClH/c1-11-14(25-17(19-11)26-12(2)22-25)10-23-6-3-13(4-7-23)16-21-20-15-9-18-5-8-24(15)16;/h13,18H,3-10H2,1-2H3;1H. The molecule has 2 aliphatic rings. The van der Waals surface area contributed by atoms with Crippen molar-refractivity contribution < 1.29 is 0 Å². The van der Waals surface area contributed by atoms with Crippen LogP contribution < -0.4 is 5.32 Å². The second-order valence-corrected chi connectivity index (χ2v) is 8.47. The van der Waals surface area contributed by atoms with Crippen LogP contribution in [0.4, 0.5) is 0 Å². The largest absolute Gasteiger partial charge is 0.312 e. The third kappa shape index (κ3) is 3.37. The molecule has 0 amide bonds. The molecule has 2 aliphatic heterocycles. The molecule has 1 saturated heterocycles. The van der Waals surface area contributed by atoms with Crippen LogP contribution in [0, 0.1) is 13.8 Å². The molecule has 8 nitrogen and oxygen atoms in total. The van der Waals surface area contributed by atoms with Crippen LogP contribution in [-0.2, 0) is 19.6 Å². The molecule has 0 atom stereocenters. The van der Waals surface area contributed by atoms with Crippen molar-refractivity contribution in [3.05, 3.63) is 28.0 Å². The Kier molecular flexibility index (Phi) is 5.19. The molecule has 27 heavy (non-hydrogen) atoms. The van der Waals surface area contributed by atoms with E-state index in [9.17, 15) is 0 Å². The van der Waals surface area contributed by atoms with Crippen molar-refractivity contribution in [1.82, 2.24) is 39.6 Å². The Morgan fingerprint density at radius 1 is 1.15 bits per heavy atom. The summed E-state index contributed by atoms with van der Waals surface area (Å²) in [5.41, 5.74) is 2.33. The molecule has 0 spiro atoms. The Balaban J connectivity index is 0.00000180. The number of nitrogens with one attached hydrogen (secondary N) is 1. The summed E-state index contributed by atoms with van der Waals surface area (Å²) in [7, 11) is 0. The highest BCUT2D eigenvalue weighted by atomic mass is 35.5. The maximum atomic E-state index is 4.67. The smallest absolute Gasteiger partial charge is 0.212 e. The van der Waals surface area contributed by atoms with E-state index in [1.54, 1.807) is 11.3 Å². The van der Waals surface area contributed by atoms with Gasteiger partial charge in [0.25, 0.3) is 0 Å². The monoisotopic (exact) mass is 408 g/mol. The Bertz CT molecular complexity index is 936. The molecule has 0 aromatic carbocycles. The van der Waals surface area contributed by atoms with Gasteiger partial charge in [-0.1, -0.05) is 11.3 Å². The third-order valence-electron chi connectivity index (χ3n) is 5.58. The van der Waals surface area contributed by atoms with E-state index in [4.69, 9.17) is 0 Å². The molecular formula is C17H25ClN8S. The van der Waals surface area contributed by atoms with E-state index in [0.717, 1.165) is 73.6 Å². The second kappa shape index (κ2) is 7.46. The SMILES string of the molecule is Cc1nn2c(CN3CCC(c4nnc5n4CCNC5)CC3)c(C)nc2s1.Cl. The third-order valence-corrected chi connectivity index (χ3v) is 6.40. The van der Waals surface area contributed by atoms with Crippen LogP contribution >= 0.6 is 23.7 Å². The first-order valence-electron chi connectivity index (χ1n) is 9.36. The lowest BCUT2D eigenvalue weighted by Crippen LogP contribution is -2.35. The van der Waals surface area contributed by atoms with Gasteiger partial charge in [-0.25, -0.2) is 9.50 Å². The van der Waals surface area contributed by atoms with Gasteiger partial charge in [0.15, 0.2) is 0 Å². The molecule has 5 rings (SSSR count). The highest BCUT2D eigenvalue weighted by Gasteiger charge is 2.28. The van der Waals surface area contributed by atoms with Gasteiger partial charge in [-0.15, -0.1) is 22.6 Å². The number of aryl methyl sites for hydroxylation is 2. The second-order valence-electron chi connectivity index (χ2n) is 7.31. The van der Waals surface area contributed by atoms with E-state index in [1.807, 2.05) is 11.4 Å². The molecule has 146 valence electrons. The van der Waals surface area contributed by atoms with Crippen LogP contribution in [0.25, 0.3) is 4.96 Å². The number of likely N-dealkylation sites (tertiary alicyclic amines) is 1. The van der Waals surface area contributed by atoms with Gasteiger partial charge in [-0.05, 0) is 39.8 Å². The average molecular weight is 409 g/mol. The summed E-state index contributed by atoms with van der Waals surface area (Å²) >= 11 is 1.66. The van der Waals surface area contributed by atoms with E-state index in [0.29, 0.717) is 5.92 Å². The summed E-state index contributed by atoms with van der Waals surface area (Å²) in [6.45, 7) is 10.1. The van der Waals surface area contributed by atoms with Gasteiger partial charge < -0.3 is 9.88 Å². The van der Waals surface area contributed by atoms with E-state index >= 15 is 0 Å². The van der Waals surface area contributed by atoms with Gasteiger partial charge in [0, 0.05) is 25.6 Å². The quantitative estimate of drug-likeness (QED) is 0.713. The maximum absolute atomic E-state index is 4.67. The number of rotatable bonds is 3. The Hall–Kier alpha value is -1.55. The molecule has 0 unspecified atom stereocenters. The normalized spacial score (nSPS) is 18.6. The summed E-state index contributed by atoms with van der Waals surface area (Å²) in [6.07, 6.45) is 2.28. The van der Waals surface area contributed by atoms with Crippen molar-refractivity contribution in [3.63, 3.8) is 0 Å². The molecule has 0 bridgehead atoms. The molecule has 10 heteroatoms. The Morgan fingerprint density at radius 2 is 1.96 bits per heavy atom. The zero-order valence-electron chi connectivity index (χ0n) is 15.7. The van der Waals surface area contributed by atoms with Crippen molar-refractivity contribution in [3.8, 4) is 0 Å². The fraction of sp³-hybridized carbons (Fsp3) is 0.647. The van der Waals surface area contributed by atoms with Crippen LogP contribution in [0.1, 0.15) is 46.8 Å². The molecule has 1 N–H and O–H groups in total. The van der Waals surface area contributed by atoms with Gasteiger partial charge >= 0.3 is 0 Å². The highest BCUT2D eigenvalue weighted by molar-refractivity contribution is 7.16. The molecular weight excluding hydrogens is 384 g/mol. The minimum Gasteiger partial charge on any atom is -0.312 e. The fourth-order valence-electron chi connectivity index (χ4n) is 4.15. The number of halogens is 1. The number of imidazole rings is 1. The molecule has 0 radical (unpaired) electrons. The van der Waals surface area contributed by atoms with Crippen molar-refractivity contribution in [1.29, 1.82) is 0 Å². The number of hydrogen-bond donors (Lipinski definition) is 1. The van der Waals surface area contributed by atoms with Crippen LogP contribution in [0.5, 0.6) is 0 Å². The molecule has 3 aromatic rings. The van der Waals surface area contributed by atoms with E-state index in [2.05, 4.69) is 42.0 Å². The molecule has 0 aliphatic carbocycles. The van der Waals surface area contributed by atoms with Crippen LogP contribution in [0.3, 0.4) is 0 Å².